The van der Waals surface area contributed by atoms with Crippen molar-refractivity contribution in [2.75, 3.05) is 0 Å². The van der Waals surface area contributed by atoms with Crippen molar-refractivity contribution in [2.45, 2.75) is 6.92 Å². The van der Waals surface area contributed by atoms with Crippen LogP contribution in [0.15, 0.2) is 24.3 Å². The lowest BCUT2D eigenvalue weighted by molar-refractivity contribution is 0.582. The Morgan fingerprint density at radius 1 is 0.929 bits per heavy atom. The predicted molar refractivity (Wildman–Crippen MR) is 48.6 cm³/mol. The minimum Gasteiger partial charge on any atom is -0.207 e. The molecule has 0 unspecified atom stereocenters. The molecule has 0 atom stereocenters. The van der Waals surface area contributed by atoms with Gasteiger partial charge < -0.3 is 0 Å². The van der Waals surface area contributed by atoms with Gasteiger partial charge in [-0.15, -0.1) is 0 Å². The van der Waals surface area contributed by atoms with Crippen LogP contribution in [0.3, 0.4) is 0 Å². The summed E-state index contributed by atoms with van der Waals surface area (Å²) in [6, 6.07) is 4.80. The lowest BCUT2D eigenvalue weighted by Gasteiger charge is -2.05. The summed E-state index contributed by atoms with van der Waals surface area (Å²) in [5.74, 6) is -2.05. The van der Waals surface area contributed by atoms with Crippen LogP contribution in [-0.4, -0.2) is 0 Å². The van der Waals surface area contributed by atoms with Gasteiger partial charge in [0.2, 0.25) is 0 Å². The molecule has 0 heterocycles. The summed E-state index contributed by atoms with van der Waals surface area (Å²) >= 11 is 0. The number of halogens is 3. The van der Waals surface area contributed by atoms with Crippen molar-refractivity contribution in [3.8, 4) is 0 Å². The average molecular weight is 196 g/mol. The highest BCUT2D eigenvalue weighted by Crippen LogP contribution is 2.26. The molecule has 3 heteroatoms. The van der Waals surface area contributed by atoms with Crippen molar-refractivity contribution in [1.29, 1.82) is 0 Å². The molecular weight excluding hydrogens is 189 g/mol. The summed E-state index contributed by atoms with van der Waals surface area (Å²) in [6.45, 7) is 1.43. The zero-order valence-corrected chi connectivity index (χ0v) is 7.44. The zero-order chi connectivity index (χ0) is 10.3. The number of fused-ring (bicyclic) bond motifs is 1. The Kier molecular flexibility index (Phi) is 1.95. The van der Waals surface area contributed by atoms with Gasteiger partial charge in [-0.1, -0.05) is 12.1 Å². The van der Waals surface area contributed by atoms with Crippen molar-refractivity contribution in [3.63, 3.8) is 0 Å². The highest BCUT2D eigenvalue weighted by molar-refractivity contribution is 5.86. The summed E-state index contributed by atoms with van der Waals surface area (Å²) in [5, 5.41) is 0.133. The maximum Gasteiger partial charge on any atom is 0.134 e. The molecule has 0 spiro atoms. The van der Waals surface area contributed by atoms with Crippen LogP contribution in [0.1, 0.15) is 5.56 Å². The van der Waals surface area contributed by atoms with Crippen LogP contribution >= 0.6 is 0 Å². The summed E-state index contributed by atoms with van der Waals surface area (Å²) in [6.07, 6.45) is 0. The van der Waals surface area contributed by atoms with Crippen molar-refractivity contribution < 1.29 is 13.2 Å². The van der Waals surface area contributed by atoms with Crippen molar-refractivity contribution in [1.82, 2.24) is 0 Å². The molecule has 0 radical (unpaired) electrons. The van der Waals surface area contributed by atoms with E-state index in [9.17, 15) is 13.2 Å². The van der Waals surface area contributed by atoms with Gasteiger partial charge in [0.15, 0.2) is 0 Å². The molecule has 0 aromatic heterocycles. The summed E-state index contributed by atoms with van der Waals surface area (Å²) in [5.41, 5.74) is 0.138. The van der Waals surface area contributed by atoms with Crippen molar-refractivity contribution in [3.05, 3.63) is 47.3 Å². The molecule has 0 nitrogen and oxygen atoms in total. The molecule has 0 N–H and O–H groups in total. The van der Waals surface area contributed by atoms with Crippen LogP contribution in [0.25, 0.3) is 10.8 Å². The number of rotatable bonds is 0. The number of benzene rings is 2. The summed E-state index contributed by atoms with van der Waals surface area (Å²) in [4.78, 5) is 0. The second kappa shape index (κ2) is 3.01. The van der Waals surface area contributed by atoms with Gasteiger partial charge >= 0.3 is 0 Å². The van der Waals surface area contributed by atoms with E-state index in [-0.39, 0.29) is 16.3 Å². The Labute approximate surface area is 79.0 Å². The SMILES string of the molecule is Cc1c(F)cc(F)c2cccc(F)c12. The Balaban J connectivity index is 3.03. The average Bonchev–Trinajstić information content (AvgIpc) is 2.14. The molecule has 14 heavy (non-hydrogen) atoms. The van der Waals surface area contributed by atoms with Crippen molar-refractivity contribution in [2.24, 2.45) is 0 Å². The molecule has 0 fully saturated rings. The van der Waals surface area contributed by atoms with Gasteiger partial charge in [0.1, 0.15) is 17.5 Å². The fraction of sp³-hybridized carbons (Fsp3) is 0.0909. The Morgan fingerprint density at radius 3 is 2.36 bits per heavy atom. The normalized spacial score (nSPS) is 10.9. The van der Waals surface area contributed by atoms with Crippen LogP contribution in [0.2, 0.25) is 0 Å². The molecule has 0 bridgehead atoms. The first-order valence-corrected chi connectivity index (χ1v) is 4.14. The number of aryl methyl sites for hydroxylation is 1. The van der Waals surface area contributed by atoms with Crippen LogP contribution in [0, 0.1) is 24.4 Å². The molecule has 2 rings (SSSR count). The van der Waals surface area contributed by atoms with E-state index in [1.54, 1.807) is 0 Å². The van der Waals surface area contributed by atoms with Gasteiger partial charge in [0, 0.05) is 16.8 Å². The topological polar surface area (TPSA) is 0 Å². The largest absolute Gasteiger partial charge is 0.207 e. The molecule has 0 saturated heterocycles. The van der Waals surface area contributed by atoms with Gasteiger partial charge in [-0.3, -0.25) is 0 Å². The fourth-order valence-electron chi connectivity index (χ4n) is 1.52. The minimum atomic E-state index is -0.734. The summed E-state index contributed by atoms with van der Waals surface area (Å²) in [7, 11) is 0. The van der Waals surface area contributed by atoms with E-state index < -0.39 is 17.5 Å². The lowest BCUT2D eigenvalue weighted by Crippen LogP contribution is -1.92. The molecule has 2 aromatic carbocycles. The quantitative estimate of drug-likeness (QED) is 0.604. The molecule has 0 saturated carbocycles. The molecule has 72 valence electrons. The maximum atomic E-state index is 13.3. The van der Waals surface area contributed by atoms with E-state index in [0.717, 1.165) is 6.07 Å². The van der Waals surface area contributed by atoms with Crippen LogP contribution < -0.4 is 0 Å². The van der Waals surface area contributed by atoms with Crippen LogP contribution in [-0.2, 0) is 0 Å². The predicted octanol–water partition coefficient (Wildman–Crippen LogP) is 3.57. The lowest BCUT2D eigenvalue weighted by atomic mass is 10.0. The van der Waals surface area contributed by atoms with E-state index >= 15 is 0 Å². The highest BCUT2D eigenvalue weighted by atomic mass is 19.1. The van der Waals surface area contributed by atoms with Crippen molar-refractivity contribution >= 4 is 10.8 Å². The van der Waals surface area contributed by atoms with E-state index in [1.807, 2.05) is 0 Å². The van der Waals surface area contributed by atoms with E-state index in [0.29, 0.717) is 0 Å². The number of hydrogen-bond acceptors (Lipinski definition) is 0. The summed E-state index contributed by atoms with van der Waals surface area (Å²) < 4.78 is 39.6. The van der Waals surface area contributed by atoms with Gasteiger partial charge in [-0.25, -0.2) is 13.2 Å². The first-order chi connectivity index (χ1) is 6.61. The van der Waals surface area contributed by atoms with Gasteiger partial charge in [0.25, 0.3) is 0 Å². The van der Waals surface area contributed by atoms with Gasteiger partial charge in [0.05, 0.1) is 0 Å². The molecule has 0 aliphatic carbocycles. The molecule has 0 amide bonds. The second-order valence-electron chi connectivity index (χ2n) is 3.13. The van der Waals surface area contributed by atoms with Gasteiger partial charge in [-0.2, -0.15) is 0 Å². The van der Waals surface area contributed by atoms with Crippen LogP contribution in [0.5, 0.6) is 0 Å². The van der Waals surface area contributed by atoms with E-state index in [2.05, 4.69) is 0 Å². The Bertz CT molecular complexity index is 503. The standard InChI is InChI=1S/C11H7F3/c1-6-9(13)5-10(14)7-3-2-4-8(12)11(6)7/h2-5H,1H3. The van der Waals surface area contributed by atoms with Gasteiger partial charge in [-0.05, 0) is 18.6 Å². The molecule has 0 aliphatic heterocycles. The molecule has 2 aromatic rings. The maximum absolute atomic E-state index is 13.3. The first kappa shape index (κ1) is 9.06. The zero-order valence-electron chi connectivity index (χ0n) is 7.44. The molecular formula is C11H7F3. The molecule has 0 aliphatic rings. The third-order valence-electron chi connectivity index (χ3n) is 2.26. The van der Waals surface area contributed by atoms with E-state index in [4.69, 9.17) is 0 Å². The highest BCUT2D eigenvalue weighted by Gasteiger charge is 2.11. The monoisotopic (exact) mass is 196 g/mol. The smallest absolute Gasteiger partial charge is 0.134 e. The number of hydrogen-bond donors (Lipinski definition) is 0. The minimum absolute atomic E-state index is 0.0185. The second-order valence-corrected chi connectivity index (χ2v) is 3.13. The van der Waals surface area contributed by atoms with E-state index in [1.165, 1.54) is 25.1 Å². The Morgan fingerprint density at radius 2 is 1.64 bits per heavy atom. The van der Waals surface area contributed by atoms with Crippen LogP contribution in [0.4, 0.5) is 13.2 Å². The third-order valence-corrected chi connectivity index (χ3v) is 2.26. The first-order valence-electron chi connectivity index (χ1n) is 4.14. The third kappa shape index (κ3) is 1.16. The Hall–Kier alpha value is -1.51. The fourth-order valence-corrected chi connectivity index (χ4v) is 1.52.